The van der Waals surface area contributed by atoms with Gasteiger partial charge in [0.2, 0.25) is 0 Å². The molecule has 2 aromatic rings. The van der Waals surface area contributed by atoms with E-state index in [2.05, 4.69) is 5.10 Å². The van der Waals surface area contributed by atoms with Crippen LogP contribution in [0, 0.1) is 6.92 Å². The lowest BCUT2D eigenvalue weighted by atomic mass is 10.1. The Balaban J connectivity index is 2.31. The van der Waals surface area contributed by atoms with E-state index in [4.69, 9.17) is 4.74 Å². The zero-order chi connectivity index (χ0) is 12.4. The van der Waals surface area contributed by atoms with Crippen molar-refractivity contribution in [3.8, 4) is 0 Å². The SMILES string of the molecule is CCOC(=O)Cc1ccc2c(c1)c(C)nn2C. The van der Waals surface area contributed by atoms with Crippen LogP contribution in [0.5, 0.6) is 0 Å². The molecule has 0 spiro atoms. The molecule has 2 rings (SSSR count). The average molecular weight is 232 g/mol. The van der Waals surface area contributed by atoms with Crippen molar-refractivity contribution < 1.29 is 9.53 Å². The molecule has 4 nitrogen and oxygen atoms in total. The number of hydrogen-bond acceptors (Lipinski definition) is 3. The van der Waals surface area contributed by atoms with Crippen LogP contribution in [-0.4, -0.2) is 22.4 Å². The molecule has 0 fully saturated rings. The number of rotatable bonds is 3. The highest BCUT2D eigenvalue weighted by atomic mass is 16.5. The van der Waals surface area contributed by atoms with E-state index in [9.17, 15) is 4.79 Å². The fourth-order valence-electron chi connectivity index (χ4n) is 1.98. The van der Waals surface area contributed by atoms with Crippen LogP contribution in [0.15, 0.2) is 18.2 Å². The first-order valence-electron chi connectivity index (χ1n) is 5.69. The molecule has 90 valence electrons. The van der Waals surface area contributed by atoms with Crippen LogP contribution in [0.1, 0.15) is 18.2 Å². The molecule has 0 aliphatic heterocycles. The second-order valence-corrected chi connectivity index (χ2v) is 4.04. The highest BCUT2D eigenvalue weighted by Crippen LogP contribution is 2.19. The van der Waals surface area contributed by atoms with Gasteiger partial charge in [0.1, 0.15) is 0 Å². The lowest BCUT2D eigenvalue weighted by Crippen LogP contribution is -2.07. The molecule has 4 heteroatoms. The molecule has 0 saturated carbocycles. The number of aromatic nitrogens is 2. The van der Waals surface area contributed by atoms with E-state index in [1.54, 1.807) is 0 Å². The predicted octanol–water partition coefficient (Wildman–Crippen LogP) is 1.99. The van der Waals surface area contributed by atoms with E-state index < -0.39 is 0 Å². The van der Waals surface area contributed by atoms with Gasteiger partial charge < -0.3 is 4.74 Å². The van der Waals surface area contributed by atoms with Gasteiger partial charge in [-0.05, 0) is 31.5 Å². The maximum absolute atomic E-state index is 11.4. The maximum Gasteiger partial charge on any atom is 0.310 e. The van der Waals surface area contributed by atoms with Gasteiger partial charge in [0.05, 0.1) is 24.2 Å². The van der Waals surface area contributed by atoms with Crippen molar-refractivity contribution in [1.82, 2.24) is 9.78 Å². The third-order valence-electron chi connectivity index (χ3n) is 2.75. The molecule has 1 heterocycles. The number of esters is 1. The van der Waals surface area contributed by atoms with Crippen LogP contribution in [0.4, 0.5) is 0 Å². The molecule has 0 radical (unpaired) electrons. The number of carbonyl (C=O) groups is 1. The van der Waals surface area contributed by atoms with Gasteiger partial charge in [-0.2, -0.15) is 5.10 Å². The molecular formula is C13H16N2O2. The van der Waals surface area contributed by atoms with Crippen molar-refractivity contribution in [2.24, 2.45) is 7.05 Å². The molecule has 0 amide bonds. The zero-order valence-corrected chi connectivity index (χ0v) is 10.4. The molecule has 0 aliphatic carbocycles. The average Bonchev–Trinajstić information content (AvgIpc) is 2.55. The molecule has 17 heavy (non-hydrogen) atoms. The van der Waals surface area contributed by atoms with Crippen LogP contribution in [-0.2, 0) is 23.0 Å². The van der Waals surface area contributed by atoms with Crippen LogP contribution < -0.4 is 0 Å². The summed E-state index contributed by atoms with van der Waals surface area (Å²) >= 11 is 0. The summed E-state index contributed by atoms with van der Waals surface area (Å²) in [5.74, 6) is -0.187. The minimum atomic E-state index is -0.187. The van der Waals surface area contributed by atoms with Gasteiger partial charge in [0.15, 0.2) is 0 Å². The summed E-state index contributed by atoms with van der Waals surface area (Å²) < 4.78 is 6.78. The second kappa shape index (κ2) is 4.57. The Morgan fingerprint density at radius 1 is 1.47 bits per heavy atom. The molecule has 0 N–H and O–H groups in total. The third-order valence-corrected chi connectivity index (χ3v) is 2.75. The molecule has 0 atom stereocenters. The lowest BCUT2D eigenvalue weighted by molar-refractivity contribution is -0.142. The first-order valence-corrected chi connectivity index (χ1v) is 5.69. The topological polar surface area (TPSA) is 44.1 Å². The number of ether oxygens (including phenoxy) is 1. The van der Waals surface area contributed by atoms with E-state index in [-0.39, 0.29) is 5.97 Å². The van der Waals surface area contributed by atoms with Gasteiger partial charge in [-0.1, -0.05) is 6.07 Å². The van der Waals surface area contributed by atoms with E-state index in [0.29, 0.717) is 13.0 Å². The molecular weight excluding hydrogens is 216 g/mol. The molecule has 1 aromatic carbocycles. The lowest BCUT2D eigenvalue weighted by Gasteiger charge is -2.02. The highest BCUT2D eigenvalue weighted by Gasteiger charge is 2.08. The Hall–Kier alpha value is -1.84. The molecule has 0 saturated heterocycles. The Labute approximate surface area is 100 Å². The van der Waals surface area contributed by atoms with Gasteiger partial charge in [0.25, 0.3) is 0 Å². The number of fused-ring (bicyclic) bond motifs is 1. The zero-order valence-electron chi connectivity index (χ0n) is 10.4. The fourth-order valence-corrected chi connectivity index (χ4v) is 1.98. The number of nitrogens with zero attached hydrogens (tertiary/aromatic N) is 2. The summed E-state index contributed by atoms with van der Waals surface area (Å²) in [6.07, 6.45) is 0.318. The van der Waals surface area contributed by atoms with Gasteiger partial charge in [-0.3, -0.25) is 9.48 Å². The first kappa shape index (κ1) is 11.6. The van der Waals surface area contributed by atoms with Crippen molar-refractivity contribution in [1.29, 1.82) is 0 Å². The fraction of sp³-hybridized carbons (Fsp3) is 0.385. The summed E-state index contributed by atoms with van der Waals surface area (Å²) in [5.41, 5.74) is 3.02. The number of carbonyl (C=O) groups excluding carboxylic acids is 1. The van der Waals surface area contributed by atoms with Gasteiger partial charge >= 0.3 is 5.97 Å². The van der Waals surface area contributed by atoms with E-state index >= 15 is 0 Å². The maximum atomic E-state index is 11.4. The Bertz CT molecular complexity index is 558. The van der Waals surface area contributed by atoms with Crippen molar-refractivity contribution in [2.45, 2.75) is 20.3 Å². The monoisotopic (exact) mass is 232 g/mol. The van der Waals surface area contributed by atoms with Crippen LogP contribution in [0.2, 0.25) is 0 Å². The second-order valence-electron chi connectivity index (χ2n) is 4.04. The standard InChI is InChI=1S/C13H16N2O2/c1-4-17-13(16)8-10-5-6-12-11(7-10)9(2)14-15(12)3/h5-7H,4,8H2,1-3H3. The van der Waals surface area contributed by atoms with Crippen molar-refractivity contribution in [2.75, 3.05) is 6.61 Å². The van der Waals surface area contributed by atoms with E-state index in [1.807, 2.05) is 43.8 Å². The van der Waals surface area contributed by atoms with Crippen molar-refractivity contribution >= 4 is 16.9 Å². The Kier molecular flexibility index (Phi) is 3.13. The summed E-state index contributed by atoms with van der Waals surface area (Å²) in [7, 11) is 1.92. The van der Waals surface area contributed by atoms with Crippen molar-refractivity contribution in [3.63, 3.8) is 0 Å². The summed E-state index contributed by atoms with van der Waals surface area (Å²) in [4.78, 5) is 11.4. The van der Waals surface area contributed by atoms with Crippen LogP contribution in [0.25, 0.3) is 10.9 Å². The normalized spacial score (nSPS) is 10.8. The smallest absolute Gasteiger partial charge is 0.310 e. The van der Waals surface area contributed by atoms with E-state index in [0.717, 1.165) is 22.2 Å². The molecule has 1 aromatic heterocycles. The highest BCUT2D eigenvalue weighted by molar-refractivity contribution is 5.84. The number of hydrogen-bond donors (Lipinski definition) is 0. The van der Waals surface area contributed by atoms with Crippen LogP contribution >= 0.6 is 0 Å². The molecule has 0 bridgehead atoms. The Morgan fingerprint density at radius 2 is 2.24 bits per heavy atom. The van der Waals surface area contributed by atoms with Crippen LogP contribution in [0.3, 0.4) is 0 Å². The minimum Gasteiger partial charge on any atom is -0.466 e. The summed E-state index contributed by atoms with van der Waals surface area (Å²) in [6, 6.07) is 5.94. The largest absolute Gasteiger partial charge is 0.466 e. The van der Waals surface area contributed by atoms with Gasteiger partial charge in [-0.15, -0.1) is 0 Å². The number of aryl methyl sites for hydroxylation is 2. The first-order chi connectivity index (χ1) is 8.11. The molecule has 0 aliphatic rings. The van der Waals surface area contributed by atoms with Gasteiger partial charge in [0, 0.05) is 12.4 Å². The van der Waals surface area contributed by atoms with E-state index in [1.165, 1.54) is 0 Å². The minimum absolute atomic E-state index is 0.187. The number of benzene rings is 1. The van der Waals surface area contributed by atoms with Crippen molar-refractivity contribution in [3.05, 3.63) is 29.5 Å². The predicted molar refractivity (Wildman–Crippen MR) is 65.8 cm³/mol. The summed E-state index contributed by atoms with van der Waals surface area (Å²) in [6.45, 7) is 4.20. The third kappa shape index (κ3) is 2.30. The molecule has 0 unspecified atom stereocenters. The quantitative estimate of drug-likeness (QED) is 0.760. The Morgan fingerprint density at radius 3 is 2.94 bits per heavy atom. The summed E-state index contributed by atoms with van der Waals surface area (Å²) in [5, 5.41) is 5.44. The van der Waals surface area contributed by atoms with Gasteiger partial charge in [-0.25, -0.2) is 0 Å².